The number of carboxylic acids is 1. The number of rotatable bonds is 6. The number of hydrogen-bond donors (Lipinski definition) is 2. The minimum atomic E-state index is -1.08. The van der Waals surface area contributed by atoms with Gasteiger partial charge >= 0.3 is 5.97 Å². The molecule has 0 bridgehead atoms. The number of halogens is 1. The summed E-state index contributed by atoms with van der Waals surface area (Å²) in [7, 11) is 0. The number of benzene rings is 3. The summed E-state index contributed by atoms with van der Waals surface area (Å²) >= 11 is 7.05. The Balaban J connectivity index is 1.48. The van der Waals surface area contributed by atoms with E-state index >= 15 is 0 Å². The molecule has 32 heavy (non-hydrogen) atoms. The molecule has 6 nitrogen and oxygen atoms in total. The van der Waals surface area contributed by atoms with Gasteiger partial charge in [0.2, 0.25) is 0 Å². The van der Waals surface area contributed by atoms with Crippen LogP contribution in [0.4, 0.5) is 5.69 Å². The molecule has 0 atom stereocenters. The van der Waals surface area contributed by atoms with Gasteiger partial charge in [0.25, 0.3) is 5.91 Å². The van der Waals surface area contributed by atoms with E-state index in [1.165, 1.54) is 6.07 Å². The molecular weight excluding hydrogens is 448 g/mol. The third-order valence-electron chi connectivity index (χ3n) is 4.48. The molecule has 3 aromatic rings. The van der Waals surface area contributed by atoms with E-state index in [9.17, 15) is 14.7 Å². The Hall–Kier alpha value is -3.55. The number of nitrogens with zero attached hydrogens (tertiary/aromatic N) is 1. The standard InChI is InChI=1S/C24H17ClN2O4S/c25-17-10-8-15(9-11-17)14-31-18-5-3-4-16(12-18)13-21-22(28)27-24(32-21)26-20-7-2-1-6-19(20)23(29)30/h1-13H,14H2,(H,29,30)(H,26,27,28)/b21-13-. The number of aromatic carboxylic acids is 1. The number of thioether (sulfide) groups is 1. The van der Waals surface area contributed by atoms with E-state index in [4.69, 9.17) is 16.3 Å². The number of para-hydroxylation sites is 1. The number of carbonyl (C=O) groups is 2. The van der Waals surface area contributed by atoms with Crippen molar-refractivity contribution >= 4 is 52.2 Å². The number of amidine groups is 1. The molecule has 0 radical (unpaired) electrons. The monoisotopic (exact) mass is 464 g/mol. The van der Waals surface area contributed by atoms with E-state index in [2.05, 4.69) is 10.3 Å². The van der Waals surface area contributed by atoms with Crippen molar-refractivity contribution in [2.45, 2.75) is 6.61 Å². The lowest BCUT2D eigenvalue weighted by molar-refractivity contribution is -0.115. The van der Waals surface area contributed by atoms with Crippen LogP contribution in [0, 0.1) is 0 Å². The fraction of sp³-hybridized carbons (Fsp3) is 0.0417. The Morgan fingerprint density at radius 3 is 2.66 bits per heavy atom. The maximum Gasteiger partial charge on any atom is 0.337 e. The van der Waals surface area contributed by atoms with E-state index in [1.54, 1.807) is 24.3 Å². The second kappa shape index (κ2) is 9.72. The van der Waals surface area contributed by atoms with Gasteiger partial charge in [0, 0.05) is 5.02 Å². The van der Waals surface area contributed by atoms with Crippen LogP contribution in [0.2, 0.25) is 5.02 Å². The first-order valence-corrected chi connectivity index (χ1v) is 10.8. The van der Waals surface area contributed by atoms with Crippen LogP contribution in [0.25, 0.3) is 6.08 Å². The third-order valence-corrected chi connectivity index (χ3v) is 5.64. The minimum absolute atomic E-state index is 0.0674. The smallest absolute Gasteiger partial charge is 0.337 e. The number of amides is 1. The van der Waals surface area contributed by atoms with Crippen LogP contribution in [-0.2, 0) is 11.4 Å². The van der Waals surface area contributed by atoms with Crippen LogP contribution in [0.3, 0.4) is 0 Å². The van der Waals surface area contributed by atoms with Crippen LogP contribution in [-0.4, -0.2) is 22.2 Å². The molecule has 2 N–H and O–H groups in total. The molecule has 0 unspecified atom stereocenters. The van der Waals surface area contributed by atoms with Crippen molar-refractivity contribution in [3.8, 4) is 5.75 Å². The van der Waals surface area contributed by atoms with E-state index in [0.29, 0.717) is 27.5 Å². The number of nitrogens with one attached hydrogen (secondary N) is 1. The highest BCUT2D eigenvalue weighted by Gasteiger charge is 2.24. The Morgan fingerprint density at radius 1 is 1.09 bits per heavy atom. The summed E-state index contributed by atoms with van der Waals surface area (Å²) in [5.41, 5.74) is 2.13. The zero-order chi connectivity index (χ0) is 22.5. The number of ether oxygens (including phenoxy) is 1. The molecule has 160 valence electrons. The van der Waals surface area contributed by atoms with Gasteiger partial charge in [-0.1, -0.05) is 48.0 Å². The summed E-state index contributed by atoms with van der Waals surface area (Å²) in [6.07, 6.45) is 1.74. The summed E-state index contributed by atoms with van der Waals surface area (Å²) in [5.74, 6) is -0.707. The number of carbonyl (C=O) groups excluding carboxylic acids is 1. The largest absolute Gasteiger partial charge is 0.489 e. The molecule has 1 amide bonds. The molecule has 0 aromatic heterocycles. The predicted molar refractivity (Wildman–Crippen MR) is 126 cm³/mol. The van der Waals surface area contributed by atoms with E-state index < -0.39 is 5.97 Å². The van der Waals surface area contributed by atoms with Gasteiger partial charge in [0.1, 0.15) is 12.4 Å². The minimum Gasteiger partial charge on any atom is -0.489 e. The van der Waals surface area contributed by atoms with E-state index in [-0.39, 0.29) is 17.2 Å². The van der Waals surface area contributed by atoms with Gasteiger partial charge in [0.15, 0.2) is 5.17 Å². The van der Waals surface area contributed by atoms with Crippen molar-refractivity contribution in [1.82, 2.24) is 5.32 Å². The molecule has 4 rings (SSSR count). The normalized spacial score (nSPS) is 15.7. The molecule has 8 heteroatoms. The quantitative estimate of drug-likeness (QED) is 0.470. The highest BCUT2D eigenvalue weighted by atomic mass is 35.5. The maximum atomic E-state index is 12.4. The lowest BCUT2D eigenvalue weighted by Gasteiger charge is -2.07. The van der Waals surface area contributed by atoms with Gasteiger partial charge in [-0.05, 0) is 65.4 Å². The molecule has 1 aliphatic heterocycles. The van der Waals surface area contributed by atoms with Crippen LogP contribution < -0.4 is 10.1 Å². The molecule has 1 saturated heterocycles. The summed E-state index contributed by atoms with van der Waals surface area (Å²) < 4.78 is 5.84. The Bertz CT molecular complexity index is 1240. The lowest BCUT2D eigenvalue weighted by atomic mass is 10.2. The van der Waals surface area contributed by atoms with Crippen molar-refractivity contribution in [3.05, 3.63) is 99.4 Å². The number of carboxylic acid groups (broad SMARTS) is 1. The first-order chi connectivity index (χ1) is 15.5. The predicted octanol–water partition coefficient (Wildman–Crippen LogP) is 5.51. The topological polar surface area (TPSA) is 88.0 Å². The van der Waals surface area contributed by atoms with Crippen LogP contribution in [0.1, 0.15) is 21.5 Å². The molecule has 1 heterocycles. The SMILES string of the molecule is O=C1NC(=Nc2ccccc2C(=O)O)S/C1=C\c1cccc(OCc2ccc(Cl)cc2)c1. The maximum absolute atomic E-state index is 12.4. The number of hydrogen-bond acceptors (Lipinski definition) is 5. The van der Waals surface area contributed by atoms with Gasteiger partial charge in [-0.15, -0.1) is 0 Å². The Labute approximate surface area is 193 Å². The van der Waals surface area contributed by atoms with Crippen LogP contribution >= 0.6 is 23.4 Å². The molecule has 0 saturated carbocycles. The molecule has 1 fully saturated rings. The second-order valence-electron chi connectivity index (χ2n) is 6.79. The number of aliphatic imine (C=N–C) groups is 1. The summed E-state index contributed by atoms with van der Waals surface area (Å²) in [6, 6.07) is 21.2. The first kappa shape index (κ1) is 21.7. The highest BCUT2D eigenvalue weighted by molar-refractivity contribution is 8.18. The van der Waals surface area contributed by atoms with Crippen molar-refractivity contribution in [2.24, 2.45) is 4.99 Å². The molecule has 3 aromatic carbocycles. The van der Waals surface area contributed by atoms with Crippen LogP contribution in [0.15, 0.2) is 82.7 Å². The van der Waals surface area contributed by atoms with Crippen molar-refractivity contribution in [2.75, 3.05) is 0 Å². The molecule has 0 aliphatic carbocycles. The van der Waals surface area contributed by atoms with E-state index in [1.807, 2.05) is 48.5 Å². The Morgan fingerprint density at radius 2 is 1.88 bits per heavy atom. The second-order valence-corrected chi connectivity index (χ2v) is 8.26. The van der Waals surface area contributed by atoms with Gasteiger partial charge in [-0.3, -0.25) is 4.79 Å². The zero-order valence-electron chi connectivity index (χ0n) is 16.6. The van der Waals surface area contributed by atoms with Crippen molar-refractivity contribution < 1.29 is 19.4 Å². The van der Waals surface area contributed by atoms with Crippen LogP contribution in [0.5, 0.6) is 5.75 Å². The van der Waals surface area contributed by atoms with Crippen molar-refractivity contribution in [3.63, 3.8) is 0 Å². The average molecular weight is 465 g/mol. The van der Waals surface area contributed by atoms with Gasteiger partial charge in [-0.25, -0.2) is 9.79 Å². The summed E-state index contributed by atoms with van der Waals surface area (Å²) in [5, 5.41) is 13.0. The fourth-order valence-electron chi connectivity index (χ4n) is 2.93. The van der Waals surface area contributed by atoms with E-state index in [0.717, 1.165) is 22.9 Å². The van der Waals surface area contributed by atoms with Crippen molar-refractivity contribution in [1.29, 1.82) is 0 Å². The van der Waals surface area contributed by atoms with Gasteiger partial charge in [0.05, 0.1) is 16.2 Å². The van der Waals surface area contributed by atoms with Gasteiger partial charge < -0.3 is 15.2 Å². The summed E-state index contributed by atoms with van der Waals surface area (Å²) in [6.45, 7) is 0.395. The molecule has 0 spiro atoms. The highest BCUT2D eigenvalue weighted by Crippen LogP contribution is 2.30. The molecular formula is C24H17ClN2O4S. The molecule has 1 aliphatic rings. The average Bonchev–Trinajstić information content (AvgIpc) is 3.12. The zero-order valence-corrected chi connectivity index (χ0v) is 18.2. The fourth-order valence-corrected chi connectivity index (χ4v) is 3.90. The summed E-state index contributed by atoms with van der Waals surface area (Å²) in [4.78, 5) is 28.5. The van der Waals surface area contributed by atoms with Gasteiger partial charge in [-0.2, -0.15) is 0 Å². The third kappa shape index (κ3) is 5.38. The Kier molecular flexibility index (Phi) is 6.58. The lowest BCUT2D eigenvalue weighted by Crippen LogP contribution is -2.19. The first-order valence-electron chi connectivity index (χ1n) is 9.57.